The standard InChI is InChI=1S/C8H15NO2/c1-8(4-3-5-8)6(9)7(10)11-2/h6H,3-5,9H2,1-2H3. The second kappa shape index (κ2) is 2.81. The van der Waals surface area contributed by atoms with Gasteiger partial charge in [-0.3, -0.25) is 4.79 Å². The molecule has 0 aromatic carbocycles. The summed E-state index contributed by atoms with van der Waals surface area (Å²) in [6, 6.07) is -0.429. The summed E-state index contributed by atoms with van der Waals surface area (Å²) in [5.41, 5.74) is 5.70. The van der Waals surface area contributed by atoms with E-state index >= 15 is 0 Å². The van der Waals surface area contributed by atoms with E-state index in [2.05, 4.69) is 4.74 Å². The van der Waals surface area contributed by atoms with Gasteiger partial charge in [0.15, 0.2) is 0 Å². The normalized spacial score (nSPS) is 23.5. The molecular weight excluding hydrogens is 142 g/mol. The molecule has 0 amide bonds. The predicted molar refractivity (Wildman–Crippen MR) is 41.9 cm³/mol. The van der Waals surface area contributed by atoms with Gasteiger partial charge in [0.25, 0.3) is 0 Å². The minimum atomic E-state index is -0.429. The van der Waals surface area contributed by atoms with Gasteiger partial charge in [-0.25, -0.2) is 0 Å². The van der Waals surface area contributed by atoms with Crippen molar-refractivity contribution in [3.8, 4) is 0 Å². The first-order valence-corrected chi connectivity index (χ1v) is 3.93. The summed E-state index contributed by atoms with van der Waals surface area (Å²) >= 11 is 0. The third kappa shape index (κ3) is 1.38. The van der Waals surface area contributed by atoms with Gasteiger partial charge in [-0.2, -0.15) is 0 Å². The van der Waals surface area contributed by atoms with Crippen molar-refractivity contribution in [3.05, 3.63) is 0 Å². The molecule has 1 atom stereocenters. The fourth-order valence-corrected chi connectivity index (χ4v) is 1.46. The molecule has 3 nitrogen and oxygen atoms in total. The van der Waals surface area contributed by atoms with E-state index in [4.69, 9.17) is 5.73 Å². The zero-order chi connectivity index (χ0) is 8.48. The second-order valence-corrected chi connectivity index (χ2v) is 3.51. The molecule has 11 heavy (non-hydrogen) atoms. The Morgan fingerprint density at radius 2 is 2.18 bits per heavy atom. The van der Waals surface area contributed by atoms with Crippen molar-refractivity contribution < 1.29 is 9.53 Å². The van der Waals surface area contributed by atoms with Gasteiger partial charge < -0.3 is 10.5 Å². The minimum absolute atomic E-state index is 0.00704. The Morgan fingerprint density at radius 3 is 2.45 bits per heavy atom. The molecule has 1 fully saturated rings. The van der Waals surface area contributed by atoms with Gasteiger partial charge in [-0.05, 0) is 18.3 Å². The highest BCUT2D eigenvalue weighted by Crippen LogP contribution is 2.42. The number of rotatable bonds is 2. The Hall–Kier alpha value is -0.570. The van der Waals surface area contributed by atoms with Crippen molar-refractivity contribution in [2.75, 3.05) is 7.11 Å². The van der Waals surface area contributed by atoms with Crippen LogP contribution in [-0.4, -0.2) is 19.1 Å². The summed E-state index contributed by atoms with van der Waals surface area (Å²) < 4.78 is 4.57. The smallest absolute Gasteiger partial charge is 0.323 e. The van der Waals surface area contributed by atoms with Gasteiger partial charge in [0.05, 0.1) is 7.11 Å². The van der Waals surface area contributed by atoms with Crippen LogP contribution in [0.25, 0.3) is 0 Å². The second-order valence-electron chi connectivity index (χ2n) is 3.51. The zero-order valence-electron chi connectivity index (χ0n) is 7.09. The highest BCUT2D eigenvalue weighted by atomic mass is 16.5. The molecule has 0 radical (unpaired) electrons. The van der Waals surface area contributed by atoms with Gasteiger partial charge in [0, 0.05) is 0 Å². The lowest BCUT2D eigenvalue weighted by Crippen LogP contribution is -2.49. The highest BCUT2D eigenvalue weighted by Gasteiger charge is 2.41. The zero-order valence-corrected chi connectivity index (χ0v) is 7.09. The molecule has 0 aromatic rings. The van der Waals surface area contributed by atoms with Crippen LogP contribution in [0.2, 0.25) is 0 Å². The van der Waals surface area contributed by atoms with Crippen LogP contribution >= 0.6 is 0 Å². The van der Waals surface area contributed by atoms with Crippen LogP contribution < -0.4 is 5.73 Å². The van der Waals surface area contributed by atoms with E-state index in [-0.39, 0.29) is 11.4 Å². The summed E-state index contributed by atoms with van der Waals surface area (Å²) in [4.78, 5) is 11.0. The lowest BCUT2D eigenvalue weighted by atomic mass is 9.66. The van der Waals surface area contributed by atoms with Crippen molar-refractivity contribution in [2.45, 2.75) is 32.2 Å². The maximum absolute atomic E-state index is 11.0. The summed E-state index contributed by atoms with van der Waals surface area (Å²) in [7, 11) is 1.38. The molecule has 64 valence electrons. The summed E-state index contributed by atoms with van der Waals surface area (Å²) in [5, 5.41) is 0. The fraction of sp³-hybridized carbons (Fsp3) is 0.875. The highest BCUT2D eigenvalue weighted by molar-refractivity contribution is 5.76. The topological polar surface area (TPSA) is 52.3 Å². The van der Waals surface area contributed by atoms with Crippen LogP contribution in [0.15, 0.2) is 0 Å². The molecule has 0 aromatic heterocycles. The van der Waals surface area contributed by atoms with Crippen molar-refractivity contribution in [1.82, 2.24) is 0 Å². The lowest BCUT2D eigenvalue weighted by Gasteiger charge is -2.41. The first kappa shape index (κ1) is 8.53. The number of nitrogens with two attached hydrogens (primary N) is 1. The van der Waals surface area contributed by atoms with E-state index in [1.54, 1.807) is 0 Å². The van der Waals surface area contributed by atoms with Crippen LogP contribution in [0.5, 0.6) is 0 Å². The molecule has 1 unspecified atom stereocenters. The Morgan fingerprint density at radius 1 is 1.64 bits per heavy atom. The van der Waals surface area contributed by atoms with Crippen LogP contribution in [0, 0.1) is 5.41 Å². The van der Waals surface area contributed by atoms with Gasteiger partial charge in [-0.1, -0.05) is 13.3 Å². The van der Waals surface area contributed by atoms with Crippen molar-refractivity contribution in [2.24, 2.45) is 11.1 Å². The Bertz CT molecular complexity index is 163. The van der Waals surface area contributed by atoms with Crippen molar-refractivity contribution >= 4 is 5.97 Å². The summed E-state index contributed by atoms with van der Waals surface area (Å²) in [5.74, 6) is -0.285. The van der Waals surface area contributed by atoms with E-state index < -0.39 is 6.04 Å². The Labute approximate surface area is 66.9 Å². The molecule has 0 saturated heterocycles. The Kier molecular flexibility index (Phi) is 2.18. The van der Waals surface area contributed by atoms with Gasteiger partial charge in [0.1, 0.15) is 6.04 Å². The van der Waals surface area contributed by atoms with Gasteiger partial charge in [-0.15, -0.1) is 0 Å². The average Bonchev–Trinajstić information content (AvgIpc) is 1.97. The molecule has 1 rings (SSSR count). The van der Waals surface area contributed by atoms with Crippen molar-refractivity contribution in [1.29, 1.82) is 0 Å². The van der Waals surface area contributed by atoms with E-state index in [1.807, 2.05) is 6.92 Å². The van der Waals surface area contributed by atoms with Crippen molar-refractivity contribution in [3.63, 3.8) is 0 Å². The van der Waals surface area contributed by atoms with Gasteiger partial charge in [0.2, 0.25) is 0 Å². The SMILES string of the molecule is COC(=O)C(N)C1(C)CCC1. The van der Waals surface area contributed by atoms with Crippen LogP contribution in [0.3, 0.4) is 0 Å². The maximum Gasteiger partial charge on any atom is 0.323 e. The average molecular weight is 157 g/mol. The van der Waals surface area contributed by atoms with E-state index in [9.17, 15) is 4.79 Å². The molecule has 1 aliphatic carbocycles. The molecule has 1 aliphatic rings. The lowest BCUT2D eigenvalue weighted by molar-refractivity contribution is -0.147. The van der Waals surface area contributed by atoms with Crippen LogP contribution in [0.1, 0.15) is 26.2 Å². The molecule has 0 spiro atoms. The minimum Gasteiger partial charge on any atom is -0.468 e. The van der Waals surface area contributed by atoms with Crippen LogP contribution in [-0.2, 0) is 9.53 Å². The summed E-state index contributed by atoms with van der Waals surface area (Å²) in [6.07, 6.45) is 3.27. The van der Waals surface area contributed by atoms with Crippen LogP contribution in [0.4, 0.5) is 0 Å². The fourth-order valence-electron chi connectivity index (χ4n) is 1.46. The third-order valence-corrected chi connectivity index (χ3v) is 2.70. The summed E-state index contributed by atoms with van der Waals surface area (Å²) in [6.45, 7) is 2.04. The number of ether oxygens (including phenoxy) is 1. The molecule has 1 saturated carbocycles. The number of hydrogen-bond acceptors (Lipinski definition) is 3. The number of carbonyl (C=O) groups is 1. The molecule has 3 heteroatoms. The van der Waals surface area contributed by atoms with E-state index in [0.717, 1.165) is 12.8 Å². The monoisotopic (exact) mass is 157 g/mol. The number of hydrogen-bond donors (Lipinski definition) is 1. The Balaban J connectivity index is 2.52. The van der Waals surface area contributed by atoms with Gasteiger partial charge >= 0.3 is 5.97 Å². The predicted octanol–water partition coefficient (Wildman–Crippen LogP) is 0.677. The largest absolute Gasteiger partial charge is 0.468 e. The number of esters is 1. The molecule has 2 N–H and O–H groups in total. The maximum atomic E-state index is 11.0. The van der Waals surface area contributed by atoms with E-state index in [1.165, 1.54) is 13.5 Å². The quantitative estimate of drug-likeness (QED) is 0.599. The third-order valence-electron chi connectivity index (χ3n) is 2.70. The molecule has 0 aliphatic heterocycles. The molecular formula is C8H15NO2. The number of carbonyl (C=O) groups excluding carboxylic acids is 1. The number of methoxy groups -OCH3 is 1. The molecule has 0 bridgehead atoms. The molecule has 0 heterocycles. The first-order chi connectivity index (χ1) is 5.10. The van der Waals surface area contributed by atoms with E-state index in [0.29, 0.717) is 0 Å². The first-order valence-electron chi connectivity index (χ1n) is 3.93.